The first-order valence-corrected chi connectivity index (χ1v) is 17.7. The Balaban J connectivity index is -0.000000325. The third-order valence-corrected chi connectivity index (χ3v) is 6.94. The number of unbranched alkanes of at least 4 members (excludes halogenated alkanes) is 7. The zero-order valence-electron chi connectivity index (χ0n) is 30.1. The van der Waals surface area contributed by atoms with Crippen LogP contribution in [0.5, 0.6) is 0 Å². The van der Waals surface area contributed by atoms with E-state index in [0.717, 1.165) is 57.8 Å². The molecule has 0 radical (unpaired) electrons. The van der Waals surface area contributed by atoms with E-state index in [1.807, 2.05) is 11.8 Å². The van der Waals surface area contributed by atoms with Crippen LogP contribution in [0.15, 0.2) is 0 Å². The molecule has 0 aromatic rings. The minimum absolute atomic E-state index is 0.0669. The number of nitrogens with zero attached hydrogens (tertiary/aromatic N) is 2. The summed E-state index contributed by atoms with van der Waals surface area (Å²) in [6, 6.07) is 0. The molecule has 0 bridgehead atoms. The van der Waals surface area contributed by atoms with Crippen LogP contribution in [0.2, 0.25) is 0 Å². The number of rotatable bonds is 24. The van der Waals surface area contributed by atoms with Crippen LogP contribution >= 0.6 is 0 Å². The lowest BCUT2D eigenvalue weighted by atomic mass is 10.0. The van der Waals surface area contributed by atoms with Gasteiger partial charge in [0.05, 0.1) is 13.1 Å². The van der Waals surface area contributed by atoms with Crippen molar-refractivity contribution < 1.29 is 24.6 Å². The Hall–Kier alpha value is -1.67. The smallest absolute Gasteiger partial charge is 0.317 e. The predicted octanol–water partition coefficient (Wildman–Crippen LogP) is 8.48. The highest BCUT2D eigenvalue weighted by Crippen LogP contribution is 2.12. The van der Waals surface area contributed by atoms with Crippen molar-refractivity contribution in [2.24, 2.45) is 5.92 Å². The molecule has 8 nitrogen and oxygen atoms in total. The molecule has 0 rings (SSSR count). The number of nitrogens with one attached hydrogen (secondary N) is 1. The Morgan fingerprint density at radius 1 is 0.581 bits per heavy atom. The second-order valence-electron chi connectivity index (χ2n) is 11.5. The van der Waals surface area contributed by atoms with Gasteiger partial charge in [-0.1, -0.05) is 133 Å². The topological polar surface area (TPSA) is 110 Å². The molecule has 0 saturated heterocycles. The molecular formula is C35H75N3O5. The van der Waals surface area contributed by atoms with Crippen LogP contribution < -0.4 is 5.32 Å². The zero-order valence-corrected chi connectivity index (χ0v) is 30.1. The SMILES string of the molecule is CCC(=O)O.CCCC.CCCCCCC(C)CC.CCCCCCNC(=O)CN(CCC)CCN(CCC)CC(=O)O. The van der Waals surface area contributed by atoms with Crippen LogP contribution in [0.4, 0.5) is 0 Å². The van der Waals surface area contributed by atoms with E-state index in [9.17, 15) is 14.4 Å². The number of carbonyl (C=O) groups is 3. The summed E-state index contributed by atoms with van der Waals surface area (Å²) < 4.78 is 0. The van der Waals surface area contributed by atoms with Crippen molar-refractivity contribution in [3.8, 4) is 0 Å². The largest absolute Gasteiger partial charge is 0.481 e. The first kappa shape index (κ1) is 48.2. The van der Waals surface area contributed by atoms with Gasteiger partial charge in [0.25, 0.3) is 0 Å². The Kier molecular flexibility index (Phi) is 45.2. The highest BCUT2D eigenvalue weighted by atomic mass is 16.4. The minimum Gasteiger partial charge on any atom is -0.481 e. The average molecular weight is 618 g/mol. The van der Waals surface area contributed by atoms with E-state index >= 15 is 0 Å². The number of carboxylic acids is 2. The lowest BCUT2D eigenvalue weighted by Crippen LogP contribution is -2.43. The maximum Gasteiger partial charge on any atom is 0.317 e. The van der Waals surface area contributed by atoms with Gasteiger partial charge in [0.1, 0.15) is 0 Å². The number of hydrogen-bond donors (Lipinski definition) is 3. The van der Waals surface area contributed by atoms with E-state index in [0.29, 0.717) is 13.1 Å². The van der Waals surface area contributed by atoms with Crippen LogP contribution in [0.1, 0.15) is 159 Å². The van der Waals surface area contributed by atoms with Gasteiger partial charge >= 0.3 is 11.9 Å². The van der Waals surface area contributed by atoms with Gasteiger partial charge in [-0.25, -0.2) is 0 Å². The molecule has 0 aliphatic heterocycles. The van der Waals surface area contributed by atoms with Crippen molar-refractivity contribution in [3.05, 3.63) is 0 Å². The first-order chi connectivity index (χ1) is 20.5. The van der Waals surface area contributed by atoms with E-state index in [1.165, 1.54) is 64.2 Å². The third-order valence-electron chi connectivity index (χ3n) is 6.94. The molecule has 0 saturated carbocycles. The van der Waals surface area contributed by atoms with Gasteiger partial charge in [-0.15, -0.1) is 0 Å². The second-order valence-corrected chi connectivity index (χ2v) is 11.5. The number of carbonyl (C=O) groups excluding carboxylic acids is 1. The van der Waals surface area contributed by atoms with Crippen molar-refractivity contribution in [3.63, 3.8) is 0 Å². The molecule has 3 N–H and O–H groups in total. The van der Waals surface area contributed by atoms with Crippen LogP contribution in [0.3, 0.4) is 0 Å². The molecule has 0 aliphatic rings. The molecule has 0 fully saturated rings. The molecule has 1 unspecified atom stereocenters. The fourth-order valence-electron chi connectivity index (χ4n) is 3.81. The van der Waals surface area contributed by atoms with Gasteiger partial charge in [-0.2, -0.15) is 0 Å². The van der Waals surface area contributed by atoms with Crippen molar-refractivity contribution in [1.82, 2.24) is 15.1 Å². The van der Waals surface area contributed by atoms with Crippen LogP contribution in [0, 0.1) is 5.92 Å². The summed E-state index contributed by atoms with van der Waals surface area (Å²) in [6.45, 7) is 23.4. The lowest BCUT2D eigenvalue weighted by Gasteiger charge is -2.26. The molecule has 0 aromatic carbocycles. The van der Waals surface area contributed by atoms with Crippen molar-refractivity contribution >= 4 is 17.8 Å². The van der Waals surface area contributed by atoms with E-state index in [-0.39, 0.29) is 18.9 Å². The minimum atomic E-state index is -0.796. The summed E-state index contributed by atoms with van der Waals surface area (Å²) >= 11 is 0. The molecular weight excluding hydrogens is 542 g/mol. The number of hydrogen-bond acceptors (Lipinski definition) is 5. The molecule has 0 heterocycles. The van der Waals surface area contributed by atoms with Gasteiger partial charge in [0.2, 0.25) is 5.91 Å². The summed E-state index contributed by atoms with van der Waals surface area (Å²) in [5.74, 6) is -0.516. The monoisotopic (exact) mass is 618 g/mol. The molecule has 0 spiro atoms. The zero-order chi connectivity index (χ0) is 33.7. The Morgan fingerprint density at radius 3 is 1.42 bits per heavy atom. The highest BCUT2D eigenvalue weighted by molar-refractivity contribution is 5.77. The Labute approximate surface area is 267 Å². The highest BCUT2D eigenvalue weighted by Gasteiger charge is 2.13. The Bertz CT molecular complexity index is 588. The molecule has 0 aromatic heterocycles. The van der Waals surface area contributed by atoms with Crippen LogP contribution in [0.25, 0.3) is 0 Å². The van der Waals surface area contributed by atoms with Crippen molar-refractivity contribution in [2.75, 3.05) is 45.8 Å². The normalized spacial score (nSPS) is 11.0. The van der Waals surface area contributed by atoms with Gasteiger partial charge in [0.15, 0.2) is 0 Å². The number of amides is 1. The van der Waals surface area contributed by atoms with Crippen molar-refractivity contribution in [2.45, 2.75) is 159 Å². The summed E-state index contributed by atoms with van der Waals surface area (Å²) in [5.41, 5.74) is 0. The quantitative estimate of drug-likeness (QED) is 0.0932. The number of carboxylic acid groups (broad SMARTS) is 2. The standard InChI is InChI=1S/C18H37N3O3.C10H22.C4H10.C3H6O2/c1-4-7-8-9-10-19-17(22)15-20(11-5-2)13-14-21(12-6-3)16-18(23)24;1-4-6-7-8-9-10(3)5-2;1-3-4-2;1-2-3(4)5/h4-16H2,1-3H3,(H,19,22)(H,23,24);10H,4-9H2,1-3H3;3-4H2,1-2H3;2H2,1H3,(H,4,5). The van der Waals surface area contributed by atoms with Gasteiger partial charge < -0.3 is 15.5 Å². The number of aliphatic carboxylic acids is 2. The fraction of sp³-hybridized carbons (Fsp3) is 0.914. The van der Waals surface area contributed by atoms with Gasteiger partial charge in [-0.05, 0) is 38.3 Å². The van der Waals surface area contributed by atoms with Crippen LogP contribution in [-0.4, -0.2) is 83.7 Å². The molecule has 8 heteroatoms. The maximum absolute atomic E-state index is 12.0. The van der Waals surface area contributed by atoms with Gasteiger partial charge in [0, 0.05) is 26.1 Å². The van der Waals surface area contributed by atoms with E-state index in [4.69, 9.17) is 10.2 Å². The summed E-state index contributed by atoms with van der Waals surface area (Å²) in [7, 11) is 0. The predicted molar refractivity (Wildman–Crippen MR) is 185 cm³/mol. The first-order valence-electron chi connectivity index (χ1n) is 17.7. The third kappa shape index (κ3) is 47.5. The average Bonchev–Trinajstić information content (AvgIpc) is 2.98. The fourth-order valence-corrected chi connectivity index (χ4v) is 3.81. The van der Waals surface area contributed by atoms with E-state index < -0.39 is 11.9 Å². The molecule has 260 valence electrons. The lowest BCUT2D eigenvalue weighted by molar-refractivity contribution is -0.138. The molecule has 0 aliphatic carbocycles. The van der Waals surface area contributed by atoms with Crippen molar-refractivity contribution in [1.29, 1.82) is 0 Å². The molecule has 1 atom stereocenters. The summed E-state index contributed by atoms with van der Waals surface area (Å²) in [5, 5.41) is 19.7. The summed E-state index contributed by atoms with van der Waals surface area (Å²) in [6.07, 6.45) is 17.9. The second kappa shape index (κ2) is 40.3. The van der Waals surface area contributed by atoms with Crippen LogP contribution in [-0.2, 0) is 14.4 Å². The molecule has 1 amide bonds. The van der Waals surface area contributed by atoms with E-state index in [1.54, 1.807) is 6.92 Å². The molecule has 43 heavy (non-hydrogen) atoms. The van der Waals surface area contributed by atoms with E-state index in [2.05, 4.69) is 58.7 Å². The van der Waals surface area contributed by atoms with Gasteiger partial charge in [-0.3, -0.25) is 24.2 Å². The Morgan fingerprint density at radius 2 is 1.05 bits per heavy atom. The maximum atomic E-state index is 12.0. The summed E-state index contributed by atoms with van der Waals surface area (Å²) in [4.78, 5) is 36.4.